The van der Waals surface area contributed by atoms with Crippen LogP contribution in [0.4, 0.5) is 0 Å². The Kier molecular flexibility index (Phi) is 5.49. The maximum Gasteiger partial charge on any atom is 0.303 e. The van der Waals surface area contributed by atoms with Gasteiger partial charge in [0, 0.05) is 24.6 Å². The van der Waals surface area contributed by atoms with E-state index in [0.717, 1.165) is 17.6 Å². The Balaban J connectivity index is 2.42. The molecule has 0 aromatic carbocycles. The number of hydrogen-bond donors (Lipinski definition) is 2. The van der Waals surface area contributed by atoms with Gasteiger partial charge in [0.25, 0.3) is 5.91 Å². The highest BCUT2D eigenvalue weighted by Gasteiger charge is 2.14. The normalized spacial score (nSPS) is 11.2. The molecule has 0 unspecified atom stereocenters. The molecule has 1 amide bonds. The van der Waals surface area contributed by atoms with Crippen LogP contribution in [0.15, 0.2) is 15.7 Å². The molecular formula is C11H15NO5S2. The summed E-state index contributed by atoms with van der Waals surface area (Å²) in [6, 6.07) is 1.34. The second kappa shape index (κ2) is 6.67. The largest absolute Gasteiger partial charge is 0.481 e. The molecule has 0 aliphatic heterocycles. The lowest BCUT2D eigenvalue weighted by Gasteiger charge is -2.02. The number of carboxylic acids is 1. The topological polar surface area (TPSA) is 101 Å². The summed E-state index contributed by atoms with van der Waals surface area (Å²) in [5.74, 6) is -1.21. The molecule has 0 spiro atoms. The number of sulfone groups is 1. The SMILES string of the molecule is CS(=O)(=O)c1cc(C(=O)NCCCCC(=O)O)cs1. The fourth-order valence-corrected chi connectivity index (χ4v) is 3.13. The predicted octanol–water partition coefficient (Wildman–Crippen LogP) is 1.14. The maximum absolute atomic E-state index is 11.7. The number of amides is 1. The first-order valence-electron chi connectivity index (χ1n) is 5.59. The van der Waals surface area contributed by atoms with Crippen molar-refractivity contribution in [2.75, 3.05) is 12.8 Å². The Bertz CT molecular complexity index is 561. The van der Waals surface area contributed by atoms with Crippen LogP contribution in [0.1, 0.15) is 29.6 Å². The van der Waals surface area contributed by atoms with Crippen molar-refractivity contribution in [3.63, 3.8) is 0 Å². The number of hydrogen-bond acceptors (Lipinski definition) is 5. The van der Waals surface area contributed by atoms with Crippen LogP contribution in [0.3, 0.4) is 0 Å². The summed E-state index contributed by atoms with van der Waals surface area (Å²) in [7, 11) is -3.28. The fourth-order valence-electron chi connectivity index (χ4n) is 1.34. The van der Waals surface area contributed by atoms with Crippen molar-refractivity contribution in [3.8, 4) is 0 Å². The Morgan fingerprint density at radius 3 is 2.58 bits per heavy atom. The standard InChI is InChI=1S/C11H15NO5S2/c1-19(16,17)10-6-8(7-18-10)11(15)12-5-3-2-4-9(13)14/h6-7H,2-5H2,1H3,(H,12,15)(H,13,14). The lowest BCUT2D eigenvalue weighted by molar-refractivity contribution is -0.137. The lowest BCUT2D eigenvalue weighted by Crippen LogP contribution is -2.24. The molecule has 0 aliphatic carbocycles. The summed E-state index contributed by atoms with van der Waals surface area (Å²) in [4.78, 5) is 21.9. The van der Waals surface area contributed by atoms with E-state index in [4.69, 9.17) is 5.11 Å². The molecule has 6 nitrogen and oxygen atoms in total. The molecule has 1 aromatic heterocycles. The van der Waals surface area contributed by atoms with Crippen molar-refractivity contribution in [2.45, 2.75) is 23.5 Å². The third-order valence-electron chi connectivity index (χ3n) is 2.31. The van der Waals surface area contributed by atoms with E-state index in [0.29, 0.717) is 24.9 Å². The molecule has 19 heavy (non-hydrogen) atoms. The summed E-state index contributed by atoms with van der Waals surface area (Å²) in [5.41, 5.74) is 0.309. The Morgan fingerprint density at radius 2 is 2.05 bits per heavy atom. The zero-order valence-electron chi connectivity index (χ0n) is 10.4. The van der Waals surface area contributed by atoms with Crippen molar-refractivity contribution in [2.24, 2.45) is 0 Å². The summed E-state index contributed by atoms with van der Waals surface area (Å²) >= 11 is 1.01. The quantitative estimate of drug-likeness (QED) is 0.736. The van der Waals surface area contributed by atoms with Crippen LogP contribution in [0, 0.1) is 0 Å². The van der Waals surface area contributed by atoms with Crippen LogP contribution >= 0.6 is 11.3 Å². The van der Waals surface area contributed by atoms with E-state index in [1.807, 2.05) is 0 Å². The lowest BCUT2D eigenvalue weighted by atomic mass is 10.2. The Morgan fingerprint density at radius 1 is 1.37 bits per heavy atom. The first-order chi connectivity index (χ1) is 8.80. The highest BCUT2D eigenvalue weighted by Crippen LogP contribution is 2.19. The van der Waals surface area contributed by atoms with Gasteiger partial charge in [-0.2, -0.15) is 0 Å². The van der Waals surface area contributed by atoms with Crippen LogP contribution in [-0.2, 0) is 14.6 Å². The van der Waals surface area contributed by atoms with Gasteiger partial charge in [-0.25, -0.2) is 8.42 Å². The maximum atomic E-state index is 11.7. The summed E-state index contributed by atoms with van der Waals surface area (Å²) in [6.07, 6.45) is 2.23. The average molecular weight is 305 g/mol. The first-order valence-corrected chi connectivity index (χ1v) is 8.36. The number of rotatable bonds is 7. The van der Waals surface area contributed by atoms with E-state index < -0.39 is 15.8 Å². The smallest absolute Gasteiger partial charge is 0.303 e. The number of carboxylic acid groups (broad SMARTS) is 1. The summed E-state index contributed by atoms with van der Waals surface area (Å²) in [6.45, 7) is 0.371. The molecule has 0 fully saturated rings. The summed E-state index contributed by atoms with van der Waals surface area (Å²) in [5, 5.41) is 12.5. The van der Waals surface area contributed by atoms with Gasteiger partial charge < -0.3 is 10.4 Å². The van der Waals surface area contributed by atoms with Gasteiger partial charge in [-0.05, 0) is 18.9 Å². The molecule has 1 rings (SSSR count). The van der Waals surface area contributed by atoms with E-state index >= 15 is 0 Å². The van der Waals surface area contributed by atoms with Gasteiger partial charge in [-0.1, -0.05) is 0 Å². The van der Waals surface area contributed by atoms with Crippen LogP contribution in [0.5, 0.6) is 0 Å². The average Bonchev–Trinajstić information content (AvgIpc) is 2.76. The Hall–Kier alpha value is -1.41. The molecular weight excluding hydrogens is 290 g/mol. The molecule has 2 N–H and O–H groups in total. The van der Waals surface area contributed by atoms with Crippen molar-refractivity contribution in [1.29, 1.82) is 0 Å². The molecule has 0 saturated heterocycles. The van der Waals surface area contributed by atoms with E-state index in [1.165, 1.54) is 11.4 Å². The van der Waals surface area contributed by atoms with E-state index in [1.54, 1.807) is 0 Å². The number of carbonyl (C=O) groups excluding carboxylic acids is 1. The van der Waals surface area contributed by atoms with Gasteiger partial charge >= 0.3 is 5.97 Å². The fraction of sp³-hybridized carbons (Fsp3) is 0.455. The molecule has 8 heteroatoms. The molecule has 0 aliphatic rings. The molecule has 0 radical (unpaired) electrons. The van der Waals surface area contributed by atoms with Gasteiger partial charge in [0.1, 0.15) is 4.21 Å². The zero-order valence-corrected chi connectivity index (χ0v) is 12.0. The van der Waals surface area contributed by atoms with Crippen LogP contribution in [0.2, 0.25) is 0 Å². The third-order valence-corrected chi connectivity index (χ3v) is 5.07. The highest BCUT2D eigenvalue weighted by atomic mass is 32.2. The number of aliphatic carboxylic acids is 1. The Labute approximate surface area is 115 Å². The van der Waals surface area contributed by atoms with Gasteiger partial charge in [0.2, 0.25) is 0 Å². The highest BCUT2D eigenvalue weighted by molar-refractivity contribution is 7.92. The van der Waals surface area contributed by atoms with Gasteiger partial charge in [-0.3, -0.25) is 9.59 Å². The van der Waals surface area contributed by atoms with Gasteiger partial charge in [0.05, 0.1) is 5.56 Å². The molecule has 0 atom stereocenters. The summed E-state index contributed by atoms with van der Waals surface area (Å²) < 4.78 is 22.7. The van der Waals surface area contributed by atoms with Gasteiger partial charge in [-0.15, -0.1) is 11.3 Å². The van der Waals surface area contributed by atoms with E-state index in [-0.39, 0.29) is 16.5 Å². The molecule has 1 aromatic rings. The van der Waals surface area contributed by atoms with E-state index in [2.05, 4.69) is 5.32 Å². The monoisotopic (exact) mass is 305 g/mol. The molecule has 0 saturated carbocycles. The van der Waals surface area contributed by atoms with Crippen molar-refractivity contribution >= 4 is 33.1 Å². The number of carbonyl (C=O) groups is 2. The first kappa shape index (κ1) is 15.6. The van der Waals surface area contributed by atoms with Crippen LogP contribution in [0.25, 0.3) is 0 Å². The van der Waals surface area contributed by atoms with Crippen molar-refractivity contribution in [3.05, 3.63) is 17.0 Å². The molecule has 106 valence electrons. The molecule has 1 heterocycles. The second-order valence-corrected chi connectivity index (χ2v) is 7.19. The molecule has 0 bridgehead atoms. The third kappa shape index (κ3) is 5.39. The predicted molar refractivity (Wildman–Crippen MR) is 71.2 cm³/mol. The van der Waals surface area contributed by atoms with Crippen LogP contribution in [-0.4, -0.2) is 38.2 Å². The van der Waals surface area contributed by atoms with Crippen LogP contribution < -0.4 is 5.32 Å². The minimum absolute atomic E-state index is 0.0759. The minimum atomic E-state index is -3.28. The number of thiophene rings is 1. The van der Waals surface area contributed by atoms with Crippen molar-refractivity contribution < 1.29 is 23.1 Å². The minimum Gasteiger partial charge on any atom is -0.481 e. The van der Waals surface area contributed by atoms with Crippen molar-refractivity contribution in [1.82, 2.24) is 5.32 Å². The zero-order chi connectivity index (χ0) is 14.5. The van der Waals surface area contributed by atoms with E-state index in [9.17, 15) is 18.0 Å². The number of unbranched alkanes of at least 4 members (excludes halogenated alkanes) is 1. The number of nitrogens with one attached hydrogen (secondary N) is 1. The second-order valence-electron chi connectivity index (χ2n) is 4.03. The van der Waals surface area contributed by atoms with Gasteiger partial charge in [0.15, 0.2) is 9.84 Å².